The largest absolute Gasteiger partial charge is 0.480 e. The lowest BCUT2D eigenvalue weighted by molar-refractivity contribution is -0.144. The molecule has 0 unspecified atom stereocenters. The highest BCUT2D eigenvalue weighted by atomic mass is 32.1. The molecule has 1 rings (SSSR count). The standard InChI is InChI=1S/C33H57N11O14S2/c1-15(47)25(43-28(52)17(5-2-3-7-34)39-26(50)16(35)13-59)31(55)40-18(9-23(36)48)32(56)44-8-4-6-22(44)30(54)41-19(11-45)27(51)37-10-24(49)38-20(12-46)29(53)42-21(14-60)33(57)58/h15-22,25,45-47,59-60H,2-14,34-35H2,1H3,(H2,36,48)(H,37,51)(H,38,49)(H,39,50)(H,40,55)(H,41,54)(H,42,53)(H,43,52)(H,57,58)/t15-,16+,17+,18+,19+,20+,21+,22+,25+/m1/s1. The van der Waals surface area contributed by atoms with Crippen LogP contribution in [0.1, 0.15) is 45.4 Å². The van der Waals surface area contributed by atoms with E-state index >= 15 is 0 Å². The van der Waals surface area contributed by atoms with Gasteiger partial charge in [0.1, 0.15) is 42.3 Å². The van der Waals surface area contributed by atoms with Gasteiger partial charge in [-0.2, -0.15) is 25.3 Å². The molecule has 60 heavy (non-hydrogen) atoms. The molecule has 9 amide bonds. The van der Waals surface area contributed by atoms with Crippen LogP contribution in [0.3, 0.4) is 0 Å². The highest BCUT2D eigenvalue weighted by Gasteiger charge is 2.41. The zero-order chi connectivity index (χ0) is 45.7. The van der Waals surface area contributed by atoms with Crippen molar-refractivity contribution in [1.82, 2.24) is 42.1 Å². The van der Waals surface area contributed by atoms with Crippen LogP contribution in [0, 0.1) is 0 Å². The fourth-order valence-electron chi connectivity index (χ4n) is 5.60. The number of carboxylic acids is 1. The first kappa shape index (κ1) is 53.2. The fourth-order valence-corrected chi connectivity index (χ4v) is 6.01. The van der Waals surface area contributed by atoms with Crippen LogP contribution in [0.25, 0.3) is 0 Å². The third-order valence-electron chi connectivity index (χ3n) is 8.90. The molecular weight excluding hydrogens is 839 g/mol. The molecule has 0 saturated carbocycles. The molecule has 0 aliphatic carbocycles. The molecule has 0 aromatic carbocycles. The normalized spacial score (nSPS) is 17.5. The first-order valence-electron chi connectivity index (χ1n) is 18.7. The van der Waals surface area contributed by atoms with Crippen molar-refractivity contribution in [3.8, 4) is 0 Å². The molecule has 25 nitrogen and oxygen atoms in total. The van der Waals surface area contributed by atoms with Crippen LogP contribution in [0.2, 0.25) is 0 Å². The van der Waals surface area contributed by atoms with Crippen molar-refractivity contribution in [3.05, 3.63) is 0 Å². The van der Waals surface area contributed by atoms with Gasteiger partial charge in [-0.25, -0.2) is 4.79 Å². The number of hydrogen-bond donors (Lipinski definition) is 16. The second kappa shape index (κ2) is 27.1. The monoisotopic (exact) mass is 895 g/mol. The lowest BCUT2D eigenvalue weighted by Gasteiger charge is -2.31. The molecule has 0 spiro atoms. The minimum absolute atomic E-state index is 0.0258. The predicted octanol–water partition coefficient (Wildman–Crippen LogP) is -8.36. The maximum absolute atomic E-state index is 13.8. The van der Waals surface area contributed by atoms with Gasteiger partial charge in [-0.1, -0.05) is 0 Å². The topological polar surface area (TPSA) is 417 Å². The van der Waals surface area contributed by atoms with Crippen molar-refractivity contribution in [2.24, 2.45) is 17.2 Å². The van der Waals surface area contributed by atoms with Crippen LogP contribution >= 0.6 is 25.3 Å². The zero-order valence-corrected chi connectivity index (χ0v) is 34.6. The zero-order valence-electron chi connectivity index (χ0n) is 32.8. The summed E-state index contributed by atoms with van der Waals surface area (Å²) >= 11 is 7.77. The van der Waals surface area contributed by atoms with E-state index < -0.39 is 140 Å². The van der Waals surface area contributed by atoms with E-state index in [9.17, 15) is 63.3 Å². The number of primary amides is 1. The van der Waals surface area contributed by atoms with Gasteiger partial charge in [-0.05, 0) is 45.6 Å². The molecule has 0 bridgehead atoms. The van der Waals surface area contributed by atoms with E-state index in [-0.39, 0.29) is 37.3 Å². The molecule has 1 aliphatic heterocycles. The summed E-state index contributed by atoms with van der Waals surface area (Å²) in [6.45, 7) is -1.39. The quantitative estimate of drug-likeness (QED) is 0.0269. The number of likely N-dealkylation sites (tertiary alicyclic amines) is 1. The molecule has 0 aromatic rings. The van der Waals surface area contributed by atoms with Gasteiger partial charge in [0.2, 0.25) is 53.2 Å². The number of thiol groups is 2. The van der Waals surface area contributed by atoms with Crippen molar-refractivity contribution in [2.75, 3.05) is 44.4 Å². The van der Waals surface area contributed by atoms with Gasteiger partial charge < -0.3 is 79.7 Å². The summed E-state index contributed by atoms with van der Waals surface area (Å²) < 4.78 is 0. The molecule has 9 atom stereocenters. The number of carbonyl (C=O) groups excluding carboxylic acids is 9. The molecule has 1 fully saturated rings. The first-order valence-corrected chi connectivity index (χ1v) is 20.0. The van der Waals surface area contributed by atoms with Gasteiger partial charge in [0, 0.05) is 18.1 Å². The highest BCUT2D eigenvalue weighted by Crippen LogP contribution is 2.20. The molecule has 27 heteroatoms. The fraction of sp³-hybridized carbons (Fsp3) is 0.697. The first-order chi connectivity index (χ1) is 28.3. The van der Waals surface area contributed by atoms with Crippen LogP contribution in [0.15, 0.2) is 0 Å². The Kier molecular flexibility index (Phi) is 24.1. The summed E-state index contributed by atoms with van der Waals surface area (Å²) in [5.74, 6) is -10.6. The van der Waals surface area contributed by atoms with Crippen LogP contribution in [-0.2, 0) is 47.9 Å². The Labute approximate surface area is 355 Å². The Bertz CT molecular complexity index is 1540. The number of unbranched alkanes of at least 4 members (excludes halogenated alkanes) is 1. The summed E-state index contributed by atoms with van der Waals surface area (Å²) in [7, 11) is 0. The summed E-state index contributed by atoms with van der Waals surface area (Å²) in [5, 5.41) is 54.5. The van der Waals surface area contributed by atoms with Crippen LogP contribution in [-0.4, -0.2) is 183 Å². The summed E-state index contributed by atoms with van der Waals surface area (Å²) in [4.78, 5) is 128. The van der Waals surface area contributed by atoms with Gasteiger partial charge in [0.15, 0.2) is 0 Å². The smallest absolute Gasteiger partial charge is 0.327 e. The van der Waals surface area contributed by atoms with Crippen molar-refractivity contribution in [2.45, 2.75) is 99.9 Å². The molecule has 0 radical (unpaired) electrons. The maximum atomic E-state index is 13.8. The summed E-state index contributed by atoms with van der Waals surface area (Å²) in [6, 6.07) is -11.8. The van der Waals surface area contributed by atoms with Crippen LogP contribution in [0.5, 0.6) is 0 Å². The third kappa shape index (κ3) is 17.4. The number of carbonyl (C=O) groups is 10. The van der Waals surface area contributed by atoms with Gasteiger partial charge in [0.05, 0.1) is 38.3 Å². The predicted molar refractivity (Wildman–Crippen MR) is 215 cm³/mol. The SMILES string of the molecule is C[C@@H](O)[C@H](NC(=O)[C@H](CCCCN)NC(=O)[C@@H](N)CS)C(=O)N[C@@H](CC(N)=O)C(=O)N1CCC[C@H]1C(=O)N[C@@H](CO)C(=O)NCC(=O)N[C@@H](CO)C(=O)N[C@@H](CS)C(=O)O. The number of rotatable bonds is 27. The van der Waals surface area contributed by atoms with Crippen molar-refractivity contribution in [3.63, 3.8) is 0 Å². The van der Waals surface area contributed by atoms with Crippen LogP contribution in [0.4, 0.5) is 0 Å². The van der Waals surface area contributed by atoms with Gasteiger partial charge in [-0.3, -0.25) is 43.2 Å². The third-order valence-corrected chi connectivity index (χ3v) is 9.66. The number of amides is 9. The number of carboxylic acid groups (broad SMARTS) is 1. The summed E-state index contributed by atoms with van der Waals surface area (Å²) in [6.07, 6.45) is -1.14. The summed E-state index contributed by atoms with van der Waals surface area (Å²) in [5.41, 5.74) is 16.6. The van der Waals surface area contributed by atoms with Gasteiger partial charge in [0.25, 0.3) is 0 Å². The van der Waals surface area contributed by atoms with E-state index in [1.807, 2.05) is 0 Å². The Balaban J connectivity index is 3.06. The number of hydrogen-bond acceptors (Lipinski definition) is 17. The Morgan fingerprint density at radius 2 is 1.33 bits per heavy atom. The number of nitrogens with one attached hydrogen (secondary N) is 7. The molecule has 17 N–H and O–H groups in total. The Hall–Kier alpha value is -4.80. The number of aliphatic carboxylic acids is 1. The van der Waals surface area contributed by atoms with E-state index in [0.717, 1.165) is 11.8 Å². The average Bonchev–Trinajstić information content (AvgIpc) is 3.70. The molecular formula is C33H57N11O14S2. The lowest BCUT2D eigenvalue weighted by atomic mass is 10.1. The minimum atomic E-state index is -1.73. The van der Waals surface area contributed by atoms with Gasteiger partial charge >= 0.3 is 5.97 Å². The van der Waals surface area contributed by atoms with E-state index in [2.05, 4.69) is 62.5 Å². The molecule has 1 saturated heterocycles. The van der Waals surface area contributed by atoms with Crippen LogP contribution < -0.4 is 54.4 Å². The lowest BCUT2D eigenvalue weighted by Crippen LogP contribution is -2.62. The number of aliphatic hydroxyl groups excluding tert-OH is 3. The number of nitrogens with zero attached hydrogens (tertiary/aromatic N) is 1. The number of nitrogens with two attached hydrogens (primary N) is 3. The Morgan fingerprint density at radius 1 is 0.750 bits per heavy atom. The van der Waals surface area contributed by atoms with E-state index in [4.69, 9.17) is 22.3 Å². The van der Waals surface area contributed by atoms with Crippen molar-refractivity contribution >= 4 is 84.4 Å². The molecule has 1 aliphatic rings. The van der Waals surface area contributed by atoms with E-state index in [0.29, 0.717) is 19.4 Å². The minimum Gasteiger partial charge on any atom is -0.480 e. The molecule has 0 aromatic heterocycles. The second-order valence-electron chi connectivity index (χ2n) is 13.6. The average molecular weight is 896 g/mol. The van der Waals surface area contributed by atoms with Crippen molar-refractivity contribution in [1.29, 1.82) is 0 Å². The molecule has 1 heterocycles. The molecule has 340 valence electrons. The highest BCUT2D eigenvalue weighted by molar-refractivity contribution is 7.80. The number of aliphatic hydroxyl groups is 3. The maximum Gasteiger partial charge on any atom is 0.327 e. The van der Waals surface area contributed by atoms with E-state index in [1.54, 1.807) is 0 Å². The van der Waals surface area contributed by atoms with Crippen molar-refractivity contribution < 1.29 is 68.4 Å². The Morgan fingerprint density at radius 3 is 1.87 bits per heavy atom. The van der Waals surface area contributed by atoms with Gasteiger partial charge in [-0.15, -0.1) is 0 Å². The second-order valence-corrected chi connectivity index (χ2v) is 14.4. The van der Waals surface area contributed by atoms with E-state index in [1.165, 1.54) is 0 Å².